The number of methoxy groups -OCH3 is 1. The molecule has 2 aromatic carbocycles. The Morgan fingerprint density at radius 1 is 0.970 bits per heavy atom. The van der Waals surface area contributed by atoms with Crippen LogP contribution in [0.15, 0.2) is 42.5 Å². The highest BCUT2D eigenvalue weighted by molar-refractivity contribution is 6.02. The molecule has 1 heterocycles. The molecule has 2 fully saturated rings. The van der Waals surface area contributed by atoms with E-state index < -0.39 is 0 Å². The van der Waals surface area contributed by atoms with Gasteiger partial charge in [0.2, 0.25) is 5.91 Å². The van der Waals surface area contributed by atoms with Gasteiger partial charge in [0.05, 0.1) is 18.4 Å². The third kappa shape index (κ3) is 5.24. The lowest BCUT2D eigenvalue weighted by molar-refractivity contribution is -0.122. The summed E-state index contributed by atoms with van der Waals surface area (Å²) in [6, 6.07) is 13.8. The first kappa shape index (κ1) is 23.0. The maximum Gasteiger partial charge on any atom is 0.253 e. The first-order chi connectivity index (χ1) is 16.0. The molecule has 2 amide bonds. The Bertz CT molecular complexity index is 995. The van der Waals surface area contributed by atoms with E-state index in [1.807, 2.05) is 50.2 Å². The lowest BCUT2D eigenvalue weighted by Gasteiger charge is -2.38. The maximum absolute atomic E-state index is 13.0. The predicted octanol–water partition coefficient (Wildman–Crippen LogP) is 3.90. The molecule has 2 N–H and O–H groups in total. The SMILES string of the molecule is COc1ccccc1N1CCN(c2ccc(NC(=O)C3CCC3)cc2C(=O)NC(C)C)CC1. The maximum atomic E-state index is 13.0. The number of nitrogens with one attached hydrogen (secondary N) is 2. The van der Waals surface area contributed by atoms with Gasteiger partial charge in [-0.25, -0.2) is 0 Å². The number of para-hydroxylation sites is 2. The van der Waals surface area contributed by atoms with Gasteiger partial charge in [0.25, 0.3) is 5.91 Å². The van der Waals surface area contributed by atoms with Gasteiger partial charge in [0.15, 0.2) is 0 Å². The molecule has 0 bridgehead atoms. The second-order valence-electron chi connectivity index (χ2n) is 9.12. The van der Waals surface area contributed by atoms with Crippen LogP contribution in [0.25, 0.3) is 0 Å². The van der Waals surface area contributed by atoms with Gasteiger partial charge >= 0.3 is 0 Å². The average molecular weight is 451 g/mol. The molecule has 2 aliphatic rings. The quantitative estimate of drug-likeness (QED) is 0.669. The topological polar surface area (TPSA) is 73.9 Å². The molecule has 33 heavy (non-hydrogen) atoms. The van der Waals surface area contributed by atoms with Crippen LogP contribution in [0.1, 0.15) is 43.5 Å². The molecule has 0 atom stereocenters. The third-order valence-electron chi connectivity index (χ3n) is 6.45. The lowest BCUT2D eigenvalue weighted by atomic mass is 9.85. The fourth-order valence-corrected chi connectivity index (χ4v) is 4.41. The van der Waals surface area contributed by atoms with Gasteiger partial charge in [0.1, 0.15) is 5.75 Å². The number of piperazine rings is 1. The Labute approximate surface area is 196 Å². The summed E-state index contributed by atoms with van der Waals surface area (Å²) < 4.78 is 5.53. The van der Waals surface area contributed by atoms with Crippen molar-refractivity contribution in [1.29, 1.82) is 0 Å². The van der Waals surface area contributed by atoms with Gasteiger partial charge in [0, 0.05) is 49.5 Å². The highest BCUT2D eigenvalue weighted by Gasteiger charge is 2.27. The van der Waals surface area contributed by atoms with Gasteiger partial charge in [-0.1, -0.05) is 18.6 Å². The molecule has 0 aromatic heterocycles. The van der Waals surface area contributed by atoms with Crippen molar-refractivity contribution in [3.8, 4) is 5.75 Å². The van der Waals surface area contributed by atoms with Crippen LogP contribution in [-0.2, 0) is 4.79 Å². The molecule has 7 nitrogen and oxygen atoms in total. The second-order valence-corrected chi connectivity index (χ2v) is 9.12. The van der Waals surface area contributed by atoms with Crippen LogP contribution >= 0.6 is 0 Å². The average Bonchev–Trinajstić information content (AvgIpc) is 2.77. The van der Waals surface area contributed by atoms with Gasteiger partial charge in [-0.3, -0.25) is 9.59 Å². The number of carbonyl (C=O) groups excluding carboxylic acids is 2. The van der Waals surface area contributed by atoms with Crippen molar-refractivity contribution < 1.29 is 14.3 Å². The van der Waals surface area contributed by atoms with Crippen molar-refractivity contribution in [3.05, 3.63) is 48.0 Å². The fraction of sp³-hybridized carbons (Fsp3) is 0.462. The molecule has 1 saturated carbocycles. The van der Waals surface area contributed by atoms with Crippen LogP contribution < -0.4 is 25.2 Å². The number of rotatable bonds is 7. The van der Waals surface area contributed by atoms with Crippen LogP contribution in [0.2, 0.25) is 0 Å². The van der Waals surface area contributed by atoms with E-state index in [0.29, 0.717) is 11.3 Å². The summed E-state index contributed by atoms with van der Waals surface area (Å²) in [5, 5.41) is 6.01. The minimum Gasteiger partial charge on any atom is -0.495 e. The number of ether oxygens (including phenoxy) is 1. The van der Waals surface area contributed by atoms with E-state index in [1.54, 1.807) is 7.11 Å². The van der Waals surface area contributed by atoms with E-state index in [-0.39, 0.29) is 23.8 Å². The second kappa shape index (κ2) is 10.1. The zero-order chi connectivity index (χ0) is 23.4. The molecule has 7 heteroatoms. The third-order valence-corrected chi connectivity index (χ3v) is 6.45. The van der Waals surface area contributed by atoms with Crippen molar-refractivity contribution in [3.63, 3.8) is 0 Å². The first-order valence-electron chi connectivity index (χ1n) is 11.8. The standard InChI is InChI=1S/C26H34N4O3/c1-18(2)27-26(32)21-17-20(28-25(31)19-7-6-8-19)11-12-22(21)29-13-15-30(16-14-29)23-9-4-5-10-24(23)33-3/h4-5,9-12,17-19H,6-8,13-16H2,1-3H3,(H,27,32)(H,28,31). The number of anilines is 3. The van der Waals surface area contributed by atoms with Gasteiger partial charge in [-0.05, 0) is 57.0 Å². The number of amides is 2. The van der Waals surface area contributed by atoms with E-state index in [4.69, 9.17) is 4.74 Å². The number of carbonyl (C=O) groups is 2. The highest BCUT2D eigenvalue weighted by Crippen LogP contribution is 2.32. The van der Waals surface area contributed by atoms with Crippen molar-refractivity contribution in [2.45, 2.75) is 39.2 Å². The van der Waals surface area contributed by atoms with E-state index in [1.165, 1.54) is 0 Å². The van der Waals surface area contributed by atoms with Crippen LogP contribution in [0.4, 0.5) is 17.1 Å². The summed E-state index contributed by atoms with van der Waals surface area (Å²) in [5.41, 5.74) is 3.26. The Kier molecular flexibility index (Phi) is 7.06. The minimum atomic E-state index is -0.119. The van der Waals surface area contributed by atoms with Gasteiger partial charge in [-0.15, -0.1) is 0 Å². The Morgan fingerprint density at radius 3 is 2.24 bits per heavy atom. The summed E-state index contributed by atoms with van der Waals surface area (Å²) in [4.78, 5) is 30.0. The Balaban J connectivity index is 1.52. The van der Waals surface area contributed by atoms with Crippen LogP contribution in [0.3, 0.4) is 0 Å². The highest BCUT2D eigenvalue weighted by atomic mass is 16.5. The minimum absolute atomic E-state index is 0.0287. The predicted molar refractivity (Wildman–Crippen MR) is 132 cm³/mol. The molecule has 1 aliphatic carbocycles. The largest absolute Gasteiger partial charge is 0.495 e. The Hall–Kier alpha value is -3.22. The molecule has 2 aromatic rings. The summed E-state index contributed by atoms with van der Waals surface area (Å²) in [5.74, 6) is 0.900. The molecule has 0 spiro atoms. The van der Waals surface area contributed by atoms with Crippen LogP contribution in [-0.4, -0.2) is 51.1 Å². The number of nitrogens with zero attached hydrogens (tertiary/aromatic N) is 2. The molecule has 0 unspecified atom stereocenters. The Morgan fingerprint density at radius 2 is 1.64 bits per heavy atom. The molecular weight excluding hydrogens is 416 g/mol. The summed E-state index contributed by atoms with van der Waals surface area (Å²) >= 11 is 0. The molecule has 0 radical (unpaired) electrons. The lowest BCUT2D eigenvalue weighted by Crippen LogP contribution is -2.47. The van der Waals surface area contributed by atoms with Crippen molar-refractivity contribution in [2.24, 2.45) is 5.92 Å². The molecule has 1 aliphatic heterocycles. The van der Waals surface area contributed by atoms with Crippen LogP contribution in [0.5, 0.6) is 5.75 Å². The number of hydrogen-bond acceptors (Lipinski definition) is 5. The monoisotopic (exact) mass is 450 g/mol. The molecule has 1 saturated heterocycles. The normalized spacial score (nSPS) is 16.4. The molecular formula is C26H34N4O3. The zero-order valence-corrected chi connectivity index (χ0v) is 19.8. The van der Waals surface area contributed by atoms with E-state index in [0.717, 1.165) is 62.6 Å². The molecule has 176 valence electrons. The molecule has 4 rings (SSSR count). The fourth-order valence-electron chi connectivity index (χ4n) is 4.41. The van der Waals surface area contributed by atoms with Crippen molar-refractivity contribution in [1.82, 2.24) is 5.32 Å². The van der Waals surface area contributed by atoms with Crippen LogP contribution in [0, 0.1) is 5.92 Å². The van der Waals surface area contributed by atoms with E-state index >= 15 is 0 Å². The van der Waals surface area contributed by atoms with Crippen molar-refractivity contribution >= 4 is 28.9 Å². The van der Waals surface area contributed by atoms with Gasteiger partial charge in [-0.2, -0.15) is 0 Å². The van der Waals surface area contributed by atoms with E-state index in [2.05, 4.69) is 26.5 Å². The number of benzene rings is 2. The summed E-state index contributed by atoms with van der Waals surface area (Å²) in [6.45, 7) is 7.12. The summed E-state index contributed by atoms with van der Waals surface area (Å²) in [6.07, 6.45) is 3.00. The summed E-state index contributed by atoms with van der Waals surface area (Å²) in [7, 11) is 1.69. The first-order valence-corrected chi connectivity index (χ1v) is 11.8. The van der Waals surface area contributed by atoms with Gasteiger partial charge < -0.3 is 25.2 Å². The van der Waals surface area contributed by atoms with E-state index in [9.17, 15) is 9.59 Å². The number of hydrogen-bond donors (Lipinski definition) is 2. The zero-order valence-electron chi connectivity index (χ0n) is 19.8. The van der Waals surface area contributed by atoms with Crippen molar-refractivity contribution in [2.75, 3.05) is 48.4 Å². The smallest absolute Gasteiger partial charge is 0.253 e.